The van der Waals surface area contributed by atoms with E-state index in [9.17, 15) is 4.79 Å². The Morgan fingerprint density at radius 2 is 1.90 bits per heavy atom. The number of benzene rings is 1. The van der Waals surface area contributed by atoms with Gasteiger partial charge in [-0.25, -0.2) is 9.97 Å². The van der Waals surface area contributed by atoms with E-state index in [0.29, 0.717) is 17.9 Å². The van der Waals surface area contributed by atoms with Gasteiger partial charge in [0.1, 0.15) is 11.6 Å². The van der Waals surface area contributed by atoms with Crippen LogP contribution in [-0.4, -0.2) is 30.0 Å². The van der Waals surface area contributed by atoms with Gasteiger partial charge in [-0.3, -0.25) is 4.79 Å². The Kier molecular flexibility index (Phi) is 5.11. The monoisotopic (exact) mass is 396 g/mol. The van der Waals surface area contributed by atoms with Crippen molar-refractivity contribution in [3.05, 3.63) is 51.0 Å². The van der Waals surface area contributed by atoms with Crippen molar-refractivity contribution in [1.82, 2.24) is 15.3 Å². The molecule has 1 heterocycles. The first kappa shape index (κ1) is 15.7. The van der Waals surface area contributed by atoms with Crippen molar-refractivity contribution in [1.29, 1.82) is 0 Å². The summed E-state index contributed by atoms with van der Waals surface area (Å²) >= 11 is 2.21. The molecule has 0 saturated carbocycles. The summed E-state index contributed by atoms with van der Waals surface area (Å²) in [7, 11) is 3.85. The fourth-order valence-corrected chi connectivity index (χ4v) is 2.14. The molecule has 0 radical (unpaired) electrons. The second-order valence-corrected chi connectivity index (χ2v) is 6.11. The Hall–Kier alpha value is -1.70. The van der Waals surface area contributed by atoms with Gasteiger partial charge in [0.15, 0.2) is 0 Å². The number of carbonyl (C=O) groups excluding carboxylic acids is 1. The molecule has 1 aromatic heterocycles. The molecule has 2 rings (SSSR count). The average molecular weight is 396 g/mol. The van der Waals surface area contributed by atoms with Crippen molar-refractivity contribution >= 4 is 34.3 Å². The summed E-state index contributed by atoms with van der Waals surface area (Å²) in [5.41, 5.74) is 1.52. The normalized spacial score (nSPS) is 10.3. The Balaban J connectivity index is 2.05. The van der Waals surface area contributed by atoms with E-state index in [1.165, 1.54) is 0 Å². The second-order valence-electron chi connectivity index (χ2n) is 4.87. The van der Waals surface area contributed by atoms with Crippen molar-refractivity contribution in [2.75, 3.05) is 19.0 Å². The number of nitrogens with one attached hydrogen (secondary N) is 1. The Bertz CT molecular complexity index is 641. The minimum absolute atomic E-state index is 0.122. The van der Waals surface area contributed by atoms with Crippen molar-refractivity contribution in [2.24, 2.45) is 0 Å². The molecule has 21 heavy (non-hydrogen) atoms. The van der Waals surface area contributed by atoms with E-state index in [4.69, 9.17) is 0 Å². The lowest BCUT2D eigenvalue weighted by Crippen LogP contribution is -2.24. The van der Waals surface area contributed by atoms with Crippen LogP contribution in [0.15, 0.2) is 30.3 Å². The number of hydrogen-bond acceptors (Lipinski definition) is 4. The van der Waals surface area contributed by atoms with Crippen LogP contribution in [0, 0.1) is 10.5 Å². The number of carbonyl (C=O) groups is 1. The van der Waals surface area contributed by atoms with E-state index >= 15 is 0 Å². The minimum atomic E-state index is -0.122. The average Bonchev–Trinajstić information content (AvgIpc) is 2.45. The summed E-state index contributed by atoms with van der Waals surface area (Å²) in [5, 5.41) is 2.84. The molecule has 0 aliphatic carbocycles. The maximum absolute atomic E-state index is 12.1. The molecule has 5 nitrogen and oxygen atoms in total. The molecule has 6 heteroatoms. The largest absolute Gasteiger partial charge is 0.363 e. The third-order valence-corrected chi connectivity index (χ3v) is 3.58. The summed E-state index contributed by atoms with van der Waals surface area (Å²) in [5.74, 6) is 1.32. The molecule has 0 aliphatic rings. The van der Waals surface area contributed by atoms with Gasteiger partial charge < -0.3 is 10.2 Å². The maximum Gasteiger partial charge on any atom is 0.251 e. The van der Waals surface area contributed by atoms with E-state index in [1.54, 1.807) is 12.1 Å². The van der Waals surface area contributed by atoms with Gasteiger partial charge in [-0.1, -0.05) is 0 Å². The standard InChI is InChI=1S/C15H17IN4O/c1-10-8-14(20(2)3)19-13(18-10)9-17-15(21)11-4-6-12(16)7-5-11/h4-8H,9H2,1-3H3,(H,17,21). The Morgan fingerprint density at radius 1 is 1.24 bits per heavy atom. The third-order valence-electron chi connectivity index (χ3n) is 2.86. The van der Waals surface area contributed by atoms with E-state index < -0.39 is 0 Å². The minimum Gasteiger partial charge on any atom is -0.363 e. The van der Waals surface area contributed by atoms with Gasteiger partial charge in [0.05, 0.1) is 6.54 Å². The molecule has 110 valence electrons. The zero-order valence-corrected chi connectivity index (χ0v) is 14.4. The molecule has 0 spiro atoms. The number of nitrogens with zero attached hydrogens (tertiary/aromatic N) is 3. The van der Waals surface area contributed by atoms with Gasteiger partial charge in [-0.15, -0.1) is 0 Å². The topological polar surface area (TPSA) is 58.1 Å². The van der Waals surface area contributed by atoms with Crippen LogP contribution >= 0.6 is 22.6 Å². The second kappa shape index (κ2) is 6.84. The number of aromatic nitrogens is 2. The molecule has 0 unspecified atom stereocenters. The first-order valence-electron chi connectivity index (χ1n) is 6.51. The molecule has 0 bridgehead atoms. The highest BCUT2D eigenvalue weighted by atomic mass is 127. The predicted molar refractivity (Wildman–Crippen MR) is 91.4 cm³/mol. The molecule has 2 aromatic rings. The lowest BCUT2D eigenvalue weighted by Gasteiger charge is -2.13. The molecular formula is C15H17IN4O. The molecule has 0 saturated heterocycles. The zero-order valence-electron chi connectivity index (χ0n) is 12.2. The lowest BCUT2D eigenvalue weighted by atomic mass is 10.2. The molecule has 0 aliphatic heterocycles. The van der Waals surface area contributed by atoms with E-state index in [2.05, 4.69) is 37.9 Å². The van der Waals surface area contributed by atoms with Crippen molar-refractivity contribution in [3.63, 3.8) is 0 Å². The summed E-state index contributed by atoms with van der Waals surface area (Å²) < 4.78 is 1.10. The zero-order chi connectivity index (χ0) is 15.4. The fourth-order valence-electron chi connectivity index (χ4n) is 1.78. The van der Waals surface area contributed by atoms with Crippen LogP contribution in [-0.2, 0) is 6.54 Å². The number of rotatable bonds is 4. The van der Waals surface area contributed by atoms with Crippen molar-refractivity contribution in [2.45, 2.75) is 13.5 Å². The number of aryl methyl sites for hydroxylation is 1. The van der Waals surface area contributed by atoms with Crippen molar-refractivity contribution < 1.29 is 4.79 Å². The summed E-state index contributed by atoms with van der Waals surface area (Å²) in [6.45, 7) is 2.23. The maximum atomic E-state index is 12.1. The van der Waals surface area contributed by atoms with Crippen LogP contribution in [0.25, 0.3) is 0 Å². The number of halogens is 1. The van der Waals surface area contributed by atoms with Crippen molar-refractivity contribution in [3.8, 4) is 0 Å². The van der Waals surface area contributed by atoms with Gasteiger partial charge >= 0.3 is 0 Å². The summed E-state index contributed by atoms with van der Waals surface area (Å²) in [4.78, 5) is 22.7. The smallest absolute Gasteiger partial charge is 0.251 e. The fraction of sp³-hybridized carbons (Fsp3) is 0.267. The molecule has 0 atom stereocenters. The van der Waals surface area contributed by atoms with Gasteiger partial charge in [-0.05, 0) is 53.8 Å². The highest BCUT2D eigenvalue weighted by Crippen LogP contribution is 2.10. The SMILES string of the molecule is Cc1cc(N(C)C)nc(CNC(=O)c2ccc(I)cc2)n1. The lowest BCUT2D eigenvalue weighted by molar-refractivity contribution is 0.0950. The van der Waals surface area contributed by atoms with E-state index in [-0.39, 0.29) is 5.91 Å². The van der Waals surface area contributed by atoms with Crippen LogP contribution < -0.4 is 10.2 Å². The van der Waals surface area contributed by atoms with Crippen LogP contribution in [0.1, 0.15) is 21.9 Å². The Morgan fingerprint density at radius 3 is 2.52 bits per heavy atom. The van der Waals surface area contributed by atoms with Gasteiger partial charge in [-0.2, -0.15) is 0 Å². The first-order valence-corrected chi connectivity index (χ1v) is 7.59. The van der Waals surface area contributed by atoms with Crippen LogP contribution in [0.2, 0.25) is 0 Å². The molecular weight excluding hydrogens is 379 g/mol. The predicted octanol–water partition coefficient (Wildman–Crippen LogP) is 2.39. The van der Waals surface area contributed by atoms with Gasteiger partial charge in [0.2, 0.25) is 0 Å². The summed E-state index contributed by atoms with van der Waals surface area (Å²) in [6, 6.07) is 9.33. The molecule has 1 N–H and O–H groups in total. The molecule has 1 aromatic carbocycles. The van der Waals surface area contributed by atoms with E-state index in [1.807, 2.05) is 44.1 Å². The molecule has 1 amide bonds. The number of anilines is 1. The van der Waals surface area contributed by atoms with Gasteiger partial charge in [0, 0.05) is 35.0 Å². The molecule has 0 fully saturated rings. The van der Waals surface area contributed by atoms with Crippen LogP contribution in [0.4, 0.5) is 5.82 Å². The quantitative estimate of drug-likeness (QED) is 0.807. The third kappa shape index (κ3) is 4.38. The Labute approximate surface area is 137 Å². The summed E-state index contributed by atoms with van der Waals surface area (Å²) in [6.07, 6.45) is 0. The highest BCUT2D eigenvalue weighted by Gasteiger charge is 2.08. The van der Waals surface area contributed by atoms with Gasteiger partial charge in [0.25, 0.3) is 5.91 Å². The highest BCUT2D eigenvalue weighted by molar-refractivity contribution is 14.1. The number of amides is 1. The first-order chi connectivity index (χ1) is 9.95. The van der Waals surface area contributed by atoms with Crippen LogP contribution in [0.5, 0.6) is 0 Å². The number of hydrogen-bond donors (Lipinski definition) is 1. The van der Waals surface area contributed by atoms with E-state index in [0.717, 1.165) is 15.1 Å². The van der Waals surface area contributed by atoms with Crippen LogP contribution in [0.3, 0.4) is 0 Å².